The monoisotopic (exact) mass is 309 g/mol. The minimum Gasteiger partial charge on any atom is -0.351 e. The van der Waals surface area contributed by atoms with Crippen LogP contribution in [-0.4, -0.2) is 29.9 Å². The number of aryl methyl sites for hydroxylation is 1. The third-order valence-electron chi connectivity index (χ3n) is 3.24. The van der Waals surface area contributed by atoms with Crippen molar-refractivity contribution in [1.29, 1.82) is 0 Å². The van der Waals surface area contributed by atoms with Gasteiger partial charge in [0.1, 0.15) is 0 Å². The summed E-state index contributed by atoms with van der Waals surface area (Å²) in [5.74, 6) is -0.397. The highest BCUT2D eigenvalue weighted by Crippen LogP contribution is 2.08. The summed E-state index contributed by atoms with van der Waals surface area (Å²) >= 11 is 0. The molecule has 0 radical (unpaired) electrons. The Kier molecular flexibility index (Phi) is 6.06. The van der Waals surface area contributed by atoms with Crippen LogP contribution in [0, 0.1) is 6.92 Å². The molecule has 2 N–H and O–H groups in total. The van der Waals surface area contributed by atoms with Crippen LogP contribution in [0.25, 0.3) is 6.08 Å². The van der Waals surface area contributed by atoms with Crippen molar-refractivity contribution in [1.82, 2.24) is 15.6 Å². The fourth-order valence-electron chi connectivity index (χ4n) is 1.96. The number of nitrogens with one attached hydrogen (secondary N) is 2. The Morgan fingerprint density at radius 1 is 1.09 bits per heavy atom. The van der Waals surface area contributed by atoms with E-state index in [1.54, 1.807) is 24.4 Å². The van der Waals surface area contributed by atoms with Crippen molar-refractivity contribution in [2.24, 2.45) is 0 Å². The normalized spacial score (nSPS) is 10.5. The predicted molar refractivity (Wildman–Crippen MR) is 89.8 cm³/mol. The Balaban J connectivity index is 1.71. The molecule has 0 saturated heterocycles. The van der Waals surface area contributed by atoms with Gasteiger partial charge in [0.25, 0.3) is 5.91 Å². The van der Waals surface area contributed by atoms with Crippen LogP contribution in [0.15, 0.2) is 54.9 Å². The third-order valence-corrected chi connectivity index (χ3v) is 3.24. The van der Waals surface area contributed by atoms with E-state index in [9.17, 15) is 9.59 Å². The fourth-order valence-corrected chi connectivity index (χ4v) is 1.96. The largest absolute Gasteiger partial charge is 0.351 e. The molecule has 0 atom stereocenters. The van der Waals surface area contributed by atoms with E-state index in [2.05, 4.69) is 15.6 Å². The molecule has 0 bridgehead atoms. The molecule has 1 heterocycles. The van der Waals surface area contributed by atoms with E-state index in [1.807, 2.05) is 31.2 Å². The average Bonchev–Trinajstić information content (AvgIpc) is 2.58. The number of carbonyl (C=O) groups excluding carboxylic acids is 2. The molecule has 1 aromatic carbocycles. The number of rotatable bonds is 6. The highest BCUT2D eigenvalue weighted by atomic mass is 16.2. The van der Waals surface area contributed by atoms with Crippen LogP contribution >= 0.6 is 0 Å². The van der Waals surface area contributed by atoms with Gasteiger partial charge in [0.05, 0.1) is 5.56 Å². The molecule has 0 fully saturated rings. The number of nitrogens with zero attached hydrogens (tertiary/aromatic N) is 1. The molecule has 0 saturated carbocycles. The lowest BCUT2D eigenvalue weighted by Crippen LogP contribution is -2.34. The number of pyridine rings is 1. The Morgan fingerprint density at radius 2 is 1.87 bits per heavy atom. The van der Waals surface area contributed by atoms with Gasteiger partial charge in [0.15, 0.2) is 0 Å². The van der Waals surface area contributed by atoms with Gasteiger partial charge in [-0.25, -0.2) is 0 Å². The highest BCUT2D eigenvalue weighted by Gasteiger charge is 2.03. The van der Waals surface area contributed by atoms with Gasteiger partial charge >= 0.3 is 0 Å². The number of benzene rings is 1. The van der Waals surface area contributed by atoms with E-state index in [-0.39, 0.29) is 11.8 Å². The van der Waals surface area contributed by atoms with Crippen LogP contribution in [0.2, 0.25) is 0 Å². The minimum absolute atomic E-state index is 0.191. The Morgan fingerprint density at radius 3 is 2.61 bits per heavy atom. The Hall–Kier alpha value is -2.95. The summed E-state index contributed by atoms with van der Waals surface area (Å²) < 4.78 is 0. The van der Waals surface area contributed by atoms with Crippen molar-refractivity contribution < 1.29 is 9.59 Å². The molecular formula is C18H19N3O2. The van der Waals surface area contributed by atoms with Crippen LogP contribution in [0.5, 0.6) is 0 Å². The molecule has 0 aliphatic carbocycles. The lowest BCUT2D eigenvalue weighted by molar-refractivity contribution is -0.116. The van der Waals surface area contributed by atoms with Crippen molar-refractivity contribution in [3.8, 4) is 0 Å². The zero-order valence-electron chi connectivity index (χ0n) is 13.0. The predicted octanol–water partition coefficient (Wildman–Crippen LogP) is 1.95. The van der Waals surface area contributed by atoms with Gasteiger partial charge in [-0.05, 0) is 36.3 Å². The SMILES string of the molecule is Cc1ccccc1/C=C/C(=O)NCCNC(=O)c1cccnc1. The first kappa shape index (κ1) is 16.4. The van der Waals surface area contributed by atoms with Gasteiger partial charge in [-0.15, -0.1) is 0 Å². The zero-order valence-corrected chi connectivity index (χ0v) is 13.0. The second kappa shape index (κ2) is 8.48. The van der Waals surface area contributed by atoms with Crippen molar-refractivity contribution in [2.45, 2.75) is 6.92 Å². The molecule has 2 aromatic rings. The van der Waals surface area contributed by atoms with Gasteiger partial charge in [-0.3, -0.25) is 14.6 Å². The molecule has 5 nitrogen and oxygen atoms in total. The number of hydrogen-bond acceptors (Lipinski definition) is 3. The van der Waals surface area contributed by atoms with Crippen LogP contribution in [0.3, 0.4) is 0 Å². The summed E-state index contributed by atoms with van der Waals surface area (Å²) in [4.78, 5) is 27.4. The topological polar surface area (TPSA) is 71.1 Å². The van der Waals surface area contributed by atoms with Gasteiger partial charge in [0.2, 0.25) is 5.91 Å². The van der Waals surface area contributed by atoms with E-state index in [0.717, 1.165) is 11.1 Å². The van der Waals surface area contributed by atoms with E-state index in [1.165, 1.54) is 12.3 Å². The smallest absolute Gasteiger partial charge is 0.252 e. The summed E-state index contributed by atoms with van der Waals surface area (Å²) in [6.45, 7) is 2.71. The van der Waals surface area contributed by atoms with E-state index < -0.39 is 0 Å². The standard InChI is InChI=1S/C18H19N3O2/c1-14-5-2-3-6-15(14)8-9-17(22)20-11-12-21-18(23)16-7-4-10-19-13-16/h2-10,13H,11-12H2,1H3,(H,20,22)(H,21,23)/b9-8+. The van der Waals surface area contributed by atoms with Gasteiger partial charge in [-0.1, -0.05) is 24.3 Å². The van der Waals surface area contributed by atoms with Crippen molar-refractivity contribution in [2.75, 3.05) is 13.1 Å². The van der Waals surface area contributed by atoms with Crippen LogP contribution in [0.1, 0.15) is 21.5 Å². The molecule has 0 unspecified atom stereocenters. The summed E-state index contributed by atoms with van der Waals surface area (Å²) in [6.07, 6.45) is 6.38. The number of hydrogen-bond donors (Lipinski definition) is 2. The lowest BCUT2D eigenvalue weighted by Gasteiger charge is -2.05. The zero-order chi connectivity index (χ0) is 16.5. The van der Waals surface area contributed by atoms with Gasteiger partial charge in [-0.2, -0.15) is 0 Å². The second-order valence-corrected chi connectivity index (χ2v) is 4.98. The maximum absolute atomic E-state index is 11.8. The molecular weight excluding hydrogens is 290 g/mol. The first-order chi connectivity index (χ1) is 11.2. The maximum atomic E-state index is 11.8. The number of amides is 2. The van der Waals surface area contributed by atoms with E-state index >= 15 is 0 Å². The summed E-state index contributed by atoms with van der Waals surface area (Å²) in [7, 11) is 0. The molecule has 1 aromatic heterocycles. The molecule has 23 heavy (non-hydrogen) atoms. The van der Waals surface area contributed by atoms with Crippen LogP contribution in [0.4, 0.5) is 0 Å². The molecule has 2 amide bonds. The molecule has 0 spiro atoms. The van der Waals surface area contributed by atoms with Crippen LogP contribution < -0.4 is 10.6 Å². The number of aromatic nitrogens is 1. The molecule has 118 valence electrons. The van der Waals surface area contributed by atoms with E-state index in [0.29, 0.717) is 18.7 Å². The third kappa shape index (κ3) is 5.39. The van der Waals surface area contributed by atoms with Gasteiger partial charge in [0, 0.05) is 31.6 Å². The van der Waals surface area contributed by atoms with Gasteiger partial charge < -0.3 is 10.6 Å². The molecule has 0 aliphatic heterocycles. The first-order valence-corrected chi connectivity index (χ1v) is 7.36. The summed E-state index contributed by atoms with van der Waals surface area (Å²) in [5.41, 5.74) is 2.62. The summed E-state index contributed by atoms with van der Waals surface area (Å²) in [6, 6.07) is 11.2. The Bertz CT molecular complexity index is 696. The maximum Gasteiger partial charge on any atom is 0.252 e. The van der Waals surface area contributed by atoms with Crippen molar-refractivity contribution in [3.05, 3.63) is 71.6 Å². The quantitative estimate of drug-likeness (QED) is 0.633. The molecule has 2 rings (SSSR count). The molecule has 5 heteroatoms. The van der Waals surface area contributed by atoms with Crippen molar-refractivity contribution >= 4 is 17.9 Å². The average molecular weight is 309 g/mol. The molecule has 0 aliphatic rings. The fraction of sp³-hybridized carbons (Fsp3) is 0.167. The highest BCUT2D eigenvalue weighted by molar-refractivity contribution is 5.94. The lowest BCUT2D eigenvalue weighted by atomic mass is 10.1. The summed E-state index contributed by atoms with van der Waals surface area (Å²) in [5, 5.41) is 5.44. The first-order valence-electron chi connectivity index (χ1n) is 7.36. The second-order valence-electron chi connectivity index (χ2n) is 4.98. The Labute approximate surface area is 135 Å². The van der Waals surface area contributed by atoms with E-state index in [4.69, 9.17) is 0 Å². The van der Waals surface area contributed by atoms with Crippen LogP contribution in [-0.2, 0) is 4.79 Å². The van der Waals surface area contributed by atoms with Crippen molar-refractivity contribution in [3.63, 3.8) is 0 Å². The minimum atomic E-state index is -0.206. The number of carbonyl (C=O) groups is 2.